The summed E-state index contributed by atoms with van der Waals surface area (Å²) in [5, 5.41) is 18.0. The van der Waals surface area contributed by atoms with Crippen LogP contribution in [0, 0.1) is 5.92 Å². The van der Waals surface area contributed by atoms with Crippen molar-refractivity contribution in [3.63, 3.8) is 0 Å². The van der Waals surface area contributed by atoms with Gasteiger partial charge < -0.3 is 15.1 Å². The molecule has 0 bridgehead atoms. The molecule has 1 atom stereocenters. The number of amides is 2. The molecule has 16 heavy (non-hydrogen) atoms. The number of hydrogen-bond donors (Lipinski definition) is 2. The summed E-state index contributed by atoms with van der Waals surface area (Å²) in [5.74, 6) is -0.0980. The van der Waals surface area contributed by atoms with E-state index in [-0.39, 0.29) is 31.5 Å². The van der Waals surface area contributed by atoms with Crippen LogP contribution >= 0.6 is 0 Å². The Labute approximate surface area is 94.4 Å². The third kappa shape index (κ3) is 2.63. The lowest BCUT2D eigenvalue weighted by atomic mass is 10.1. The molecule has 0 aromatic heterocycles. The van der Waals surface area contributed by atoms with Crippen LogP contribution < -0.4 is 0 Å². The number of nitrogens with zero attached hydrogens (tertiary/aromatic N) is 2. The summed E-state index contributed by atoms with van der Waals surface area (Å²) in [6, 6.07) is -0.506. The Kier molecular flexibility index (Phi) is 4.12. The fraction of sp³-hybridized carbons (Fsp3) is 0.800. The first-order chi connectivity index (χ1) is 7.47. The van der Waals surface area contributed by atoms with Crippen LogP contribution in [0.3, 0.4) is 0 Å². The molecule has 6 nitrogen and oxygen atoms in total. The average Bonchev–Trinajstić information content (AvgIpc) is 2.26. The zero-order chi connectivity index (χ0) is 12.3. The van der Waals surface area contributed by atoms with E-state index in [1.807, 2.05) is 0 Å². The van der Waals surface area contributed by atoms with Crippen molar-refractivity contribution in [2.75, 3.05) is 26.2 Å². The number of carbonyl (C=O) groups excluding carboxylic acids is 1. The van der Waals surface area contributed by atoms with Crippen molar-refractivity contribution in [3.8, 4) is 0 Å². The summed E-state index contributed by atoms with van der Waals surface area (Å²) >= 11 is 0. The molecule has 0 aromatic carbocycles. The van der Waals surface area contributed by atoms with Gasteiger partial charge in [0.15, 0.2) is 0 Å². The summed E-state index contributed by atoms with van der Waals surface area (Å²) in [7, 11) is 0. The first-order valence-corrected chi connectivity index (χ1v) is 5.36. The summed E-state index contributed by atoms with van der Waals surface area (Å²) in [6.45, 7) is 4.30. The molecule has 0 radical (unpaired) electrons. The van der Waals surface area contributed by atoms with E-state index in [0.717, 1.165) is 0 Å². The maximum absolute atomic E-state index is 11.7. The first-order valence-electron chi connectivity index (χ1n) is 5.36. The van der Waals surface area contributed by atoms with E-state index in [1.54, 1.807) is 18.7 Å². The van der Waals surface area contributed by atoms with Gasteiger partial charge in [-0.2, -0.15) is 0 Å². The van der Waals surface area contributed by atoms with Gasteiger partial charge >= 0.3 is 6.09 Å². The molecule has 92 valence electrons. The van der Waals surface area contributed by atoms with Gasteiger partial charge in [0.2, 0.25) is 5.91 Å². The van der Waals surface area contributed by atoms with E-state index in [4.69, 9.17) is 10.2 Å². The van der Waals surface area contributed by atoms with Gasteiger partial charge in [0, 0.05) is 25.6 Å². The number of aliphatic hydroxyl groups is 1. The smallest absolute Gasteiger partial charge is 0.407 e. The van der Waals surface area contributed by atoms with Gasteiger partial charge in [-0.05, 0) is 0 Å². The van der Waals surface area contributed by atoms with E-state index in [2.05, 4.69) is 0 Å². The lowest BCUT2D eigenvalue weighted by Gasteiger charge is -2.39. The minimum atomic E-state index is -1.05. The zero-order valence-corrected chi connectivity index (χ0v) is 9.59. The number of carbonyl (C=O) groups is 2. The maximum atomic E-state index is 11.7. The van der Waals surface area contributed by atoms with E-state index in [1.165, 1.54) is 4.90 Å². The molecule has 1 saturated heterocycles. The van der Waals surface area contributed by atoms with E-state index >= 15 is 0 Å². The second kappa shape index (κ2) is 5.16. The van der Waals surface area contributed by atoms with Crippen molar-refractivity contribution in [2.45, 2.75) is 19.9 Å². The van der Waals surface area contributed by atoms with Crippen molar-refractivity contribution in [3.05, 3.63) is 0 Å². The Morgan fingerprint density at radius 3 is 2.44 bits per heavy atom. The van der Waals surface area contributed by atoms with Gasteiger partial charge in [0.25, 0.3) is 0 Å². The third-order valence-corrected chi connectivity index (χ3v) is 2.74. The molecule has 1 aliphatic rings. The summed E-state index contributed by atoms with van der Waals surface area (Å²) < 4.78 is 0. The Bertz CT molecular complexity index is 280. The molecule has 2 amide bonds. The predicted molar refractivity (Wildman–Crippen MR) is 57.0 cm³/mol. The van der Waals surface area contributed by atoms with Crippen molar-refractivity contribution < 1.29 is 19.8 Å². The number of piperazine rings is 1. The molecule has 0 aromatic rings. The highest BCUT2D eigenvalue weighted by atomic mass is 16.4. The van der Waals surface area contributed by atoms with Crippen molar-refractivity contribution in [1.29, 1.82) is 0 Å². The molecule has 0 saturated carbocycles. The van der Waals surface area contributed by atoms with E-state index in [9.17, 15) is 9.59 Å². The Morgan fingerprint density at radius 2 is 2.00 bits per heavy atom. The topological polar surface area (TPSA) is 81.1 Å². The average molecular weight is 230 g/mol. The van der Waals surface area contributed by atoms with Gasteiger partial charge in [-0.25, -0.2) is 4.79 Å². The molecule has 1 heterocycles. The highest BCUT2D eigenvalue weighted by Crippen LogP contribution is 2.12. The second-order valence-corrected chi connectivity index (χ2v) is 4.25. The van der Waals surface area contributed by atoms with Crippen LogP contribution in [0.2, 0.25) is 0 Å². The molecular formula is C10H18N2O4. The van der Waals surface area contributed by atoms with Crippen LogP contribution in [0.5, 0.6) is 0 Å². The molecule has 2 N–H and O–H groups in total. The standard InChI is InChI=1S/C10H18N2O4/c1-7(2)9(14)11-3-4-12(10(15)16)8(5-11)6-13/h7-8,13H,3-6H2,1-2H3,(H,15,16). The summed E-state index contributed by atoms with van der Waals surface area (Å²) in [4.78, 5) is 25.4. The zero-order valence-electron chi connectivity index (χ0n) is 9.59. The summed E-state index contributed by atoms with van der Waals surface area (Å²) in [5.41, 5.74) is 0. The van der Waals surface area contributed by atoms with Crippen LogP contribution in [0.25, 0.3) is 0 Å². The molecule has 0 spiro atoms. The number of carboxylic acid groups (broad SMARTS) is 1. The monoisotopic (exact) mass is 230 g/mol. The van der Waals surface area contributed by atoms with Crippen LogP contribution in [-0.4, -0.2) is 64.3 Å². The first kappa shape index (κ1) is 12.8. The Morgan fingerprint density at radius 1 is 1.38 bits per heavy atom. The number of rotatable bonds is 2. The fourth-order valence-electron chi connectivity index (χ4n) is 1.83. The minimum Gasteiger partial charge on any atom is -0.465 e. The molecule has 6 heteroatoms. The van der Waals surface area contributed by atoms with Gasteiger partial charge in [-0.3, -0.25) is 9.69 Å². The lowest BCUT2D eigenvalue weighted by molar-refractivity contribution is -0.137. The molecule has 1 rings (SSSR count). The predicted octanol–water partition coefficient (Wildman–Crippen LogP) is -0.175. The maximum Gasteiger partial charge on any atom is 0.407 e. The fourth-order valence-corrected chi connectivity index (χ4v) is 1.83. The van der Waals surface area contributed by atoms with E-state index in [0.29, 0.717) is 6.54 Å². The highest BCUT2D eigenvalue weighted by molar-refractivity contribution is 5.78. The Hall–Kier alpha value is -1.30. The third-order valence-electron chi connectivity index (χ3n) is 2.74. The van der Waals surface area contributed by atoms with Crippen molar-refractivity contribution >= 4 is 12.0 Å². The molecule has 1 unspecified atom stereocenters. The molecular weight excluding hydrogens is 212 g/mol. The van der Waals surface area contributed by atoms with E-state index < -0.39 is 12.1 Å². The largest absolute Gasteiger partial charge is 0.465 e. The normalized spacial score (nSPS) is 21.4. The van der Waals surface area contributed by atoms with Crippen LogP contribution in [0.4, 0.5) is 4.79 Å². The van der Waals surface area contributed by atoms with Crippen LogP contribution in [0.1, 0.15) is 13.8 Å². The molecule has 0 aliphatic carbocycles. The quantitative estimate of drug-likeness (QED) is 0.690. The van der Waals surface area contributed by atoms with Gasteiger partial charge in [-0.1, -0.05) is 13.8 Å². The number of aliphatic hydroxyl groups excluding tert-OH is 1. The van der Waals surface area contributed by atoms with Crippen LogP contribution in [0.15, 0.2) is 0 Å². The minimum absolute atomic E-state index is 0.00323. The highest BCUT2D eigenvalue weighted by Gasteiger charge is 2.32. The van der Waals surface area contributed by atoms with Crippen molar-refractivity contribution in [1.82, 2.24) is 9.80 Å². The second-order valence-electron chi connectivity index (χ2n) is 4.25. The lowest BCUT2D eigenvalue weighted by Crippen LogP contribution is -2.58. The SMILES string of the molecule is CC(C)C(=O)N1CCN(C(=O)O)C(CO)C1. The van der Waals surface area contributed by atoms with Gasteiger partial charge in [0.1, 0.15) is 0 Å². The number of hydrogen-bond acceptors (Lipinski definition) is 3. The molecule has 1 fully saturated rings. The van der Waals surface area contributed by atoms with Gasteiger partial charge in [0.05, 0.1) is 12.6 Å². The summed E-state index contributed by atoms with van der Waals surface area (Å²) in [6.07, 6.45) is -1.05. The molecule has 1 aliphatic heterocycles. The van der Waals surface area contributed by atoms with Crippen LogP contribution in [-0.2, 0) is 4.79 Å². The Balaban J connectivity index is 2.65. The van der Waals surface area contributed by atoms with Crippen molar-refractivity contribution in [2.24, 2.45) is 5.92 Å². The van der Waals surface area contributed by atoms with Gasteiger partial charge in [-0.15, -0.1) is 0 Å².